The van der Waals surface area contributed by atoms with Crippen molar-refractivity contribution in [2.75, 3.05) is 26.2 Å². The number of fused-ring (bicyclic) bond motifs is 1. The number of nitrogens with zero attached hydrogens (tertiary/aromatic N) is 2. The molecule has 1 aromatic carbocycles. The van der Waals surface area contributed by atoms with Gasteiger partial charge < -0.3 is 73.8 Å². The molecule has 2 aliphatic rings. The molecule has 0 bridgehead atoms. The second-order valence-electron chi connectivity index (χ2n) is 20.4. The number of quaternary nitrogens is 1. The molecule has 23 nitrogen and oxygen atoms in total. The number of benzene rings is 1. The molecule has 0 unspecified atom stereocenters. The van der Waals surface area contributed by atoms with Crippen molar-refractivity contribution in [3.63, 3.8) is 0 Å². The molecule has 3 heterocycles. The van der Waals surface area contributed by atoms with Crippen LogP contribution in [0, 0.1) is 17.8 Å². The lowest BCUT2D eigenvalue weighted by Crippen LogP contribution is -2.61. The highest BCUT2D eigenvalue weighted by molar-refractivity contribution is 5.99. The van der Waals surface area contributed by atoms with Crippen molar-refractivity contribution in [1.82, 2.24) is 46.7 Å². The zero-order chi connectivity index (χ0) is 55.5. The Labute approximate surface area is 439 Å². The summed E-state index contributed by atoms with van der Waals surface area (Å²) in [4.78, 5) is 142. The first-order chi connectivity index (χ1) is 35.7. The number of carbonyl (C=O) groups excluding carboxylic acids is 10. The number of hydrogen-bond acceptors (Lipinski definition) is 12. The number of nitrogens with one attached hydrogen (secondary N) is 7. The monoisotopic (exact) mass is 1050 g/mol. The van der Waals surface area contributed by atoms with Crippen LogP contribution in [0.15, 0.2) is 30.5 Å². The number of aliphatic hydroxyl groups is 1. The molecular weight excluding hydrogens is 969 g/mol. The largest absolute Gasteiger partial charge is 0.394 e. The number of aliphatic hydroxyl groups excluding tert-OH is 1. The number of aromatic amines is 1. The highest BCUT2D eigenvalue weighted by Gasteiger charge is 2.43. The fourth-order valence-corrected chi connectivity index (χ4v) is 9.43. The summed E-state index contributed by atoms with van der Waals surface area (Å²) in [6.45, 7) is 11.0. The number of unbranched alkanes of at least 4 members (excludes halogenated alkanes) is 1. The Morgan fingerprint density at radius 2 is 1.27 bits per heavy atom. The summed E-state index contributed by atoms with van der Waals surface area (Å²) in [7, 11) is 0. The standard InChI is InChI=1S/C52H82N12O11/c1-7-30(5)43(61-45(68)34(54)16-11-12-22-53)51(74)64-24-14-19-41(64)50(73)60-39(28-66)48(71)58-37(25-32-26-56-35-17-10-9-15-33(32)35)47(70)57-36(20-21-42(55)67)46(69)62-44(31(6)8-2)52(75)63-23-13-18-40(63)49(72)59-38(27-65)29(3)4/h9-10,15,17,26-27,29-31,34,36-41,43-44,56,66H,7-8,11-14,16,18-25,28,53-54H2,1-6H3,(H2,55,67)(H,57,70)(H,58,71)(H,59,72)(H,60,73)(H,61,68)(H,62,69)/p+1/t30-,31-,34-,36-,37-,38+,39-,40-,41-,43-,44-/m0/s1. The van der Waals surface area contributed by atoms with Crippen molar-refractivity contribution < 1.29 is 58.8 Å². The van der Waals surface area contributed by atoms with Crippen LogP contribution in [-0.2, 0) is 54.4 Å². The first kappa shape index (κ1) is 61.1. The molecule has 2 saturated heterocycles. The SMILES string of the molecule is CC[C@H](C)[C@H](NC(=O)[C@H](CCC(N)=O)NC(=O)[C@H](Cc1c[nH]c2ccccc12)NC(=O)[C@H](CO)NC(=O)[C@@H]1CCCN1C(=O)[C@@H](NC(=O)[C@@H](N)CCCC[NH3+])[C@@H](C)CC)C(=O)N1CCC[C@H]1C(=O)N[C@H](C=O)C(C)C. The minimum absolute atomic E-state index is 0.168. The highest BCUT2D eigenvalue weighted by Crippen LogP contribution is 2.25. The number of aromatic nitrogens is 1. The number of rotatable bonds is 30. The van der Waals surface area contributed by atoms with E-state index in [1.54, 1.807) is 45.2 Å². The van der Waals surface area contributed by atoms with E-state index in [4.69, 9.17) is 11.5 Å². The second-order valence-corrected chi connectivity index (χ2v) is 20.4. The summed E-state index contributed by atoms with van der Waals surface area (Å²) in [5.41, 5.74) is 16.8. The van der Waals surface area contributed by atoms with E-state index in [9.17, 15) is 53.1 Å². The van der Waals surface area contributed by atoms with Crippen molar-refractivity contribution in [3.8, 4) is 0 Å². The molecule has 2 fully saturated rings. The van der Waals surface area contributed by atoms with Crippen LogP contribution in [0.3, 0.4) is 0 Å². The van der Waals surface area contributed by atoms with Gasteiger partial charge in [0, 0.05) is 43.0 Å². The van der Waals surface area contributed by atoms with Gasteiger partial charge in [0.15, 0.2) is 0 Å². The topological polar surface area (TPSA) is 365 Å². The maximum absolute atomic E-state index is 14.6. The average molecular weight is 1050 g/mol. The number of H-pyrrole nitrogens is 1. The van der Waals surface area contributed by atoms with Crippen molar-refractivity contribution in [2.24, 2.45) is 29.2 Å². The van der Waals surface area contributed by atoms with Crippen molar-refractivity contribution >= 4 is 70.4 Å². The van der Waals surface area contributed by atoms with Gasteiger partial charge in [-0.25, -0.2) is 0 Å². The zero-order valence-electron chi connectivity index (χ0n) is 44.5. The molecule has 15 N–H and O–H groups in total. The van der Waals surface area contributed by atoms with E-state index >= 15 is 0 Å². The van der Waals surface area contributed by atoms with Crippen molar-refractivity contribution in [3.05, 3.63) is 36.0 Å². The Kier molecular flexibility index (Phi) is 24.1. The van der Waals surface area contributed by atoms with E-state index in [0.717, 1.165) is 11.9 Å². The second kappa shape index (κ2) is 29.6. The van der Waals surface area contributed by atoms with Gasteiger partial charge in [-0.1, -0.05) is 72.6 Å². The van der Waals surface area contributed by atoms with Gasteiger partial charge in [0.05, 0.1) is 25.2 Å². The van der Waals surface area contributed by atoms with Gasteiger partial charge in [-0.3, -0.25) is 43.2 Å². The third kappa shape index (κ3) is 16.8. The number of hydrogen-bond donors (Lipinski definition) is 11. The number of primary amides is 1. The van der Waals surface area contributed by atoms with E-state index in [2.05, 4.69) is 42.6 Å². The maximum atomic E-state index is 14.6. The third-order valence-electron chi connectivity index (χ3n) is 14.6. The fourth-order valence-electron chi connectivity index (χ4n) is 9.43. The Morgan fingerprint density at radius 1 is 0.733 bits per heavy atom. The van der Waals surface area contributed by atoms with Crippen LogP contribution in [0.2, 0.25) is 0 Å². The molecule has 23 heteroatoms. The number of aldehydes is 1. The molecule has 11 atom stereocenters. The Hall–Kier alpha value is -6.46. The van der Waals surface area contributed by atoms with E-state index in [1.807, 2.05) is 26.8 Å². The van der Waals surface area contributed by atoms with Crippen LogP contribution >= 0.6 is 0 Å². The summed E-state index contributed by atoms with van der Waals surface area (Å²) in [6.07, 6.45) is 5.76. The summed E-state index contributed by atoms with van der Waals surface area (Å²) in [5.74, 6) is -7.28. The molecule has 75 heavy (non-hydrogen) atoms. The van der Waals surface area contributed by atoms with Gasteiger partial charge in [0.25, 0.3) is 0 Å². The molecule has 416 valence electrons. The summed E-state index contributed by atoms with van der Waals surface area (Å²) >= 11 is 0. The van der Waals surface area contributed by atoms with Crippen molar-refractivity contribution in [2.45, 2.75) is 173 Å². The summed E-state index contributed by atoms with van der Waals surface area (Å²) in [5, 5.41) is 27.4. The van der Waals surface area contributed by atoms with Gasteiger partial charge in [0.2, 0.25) is 53.2 Å². The predicted octanol–water partition coefficient (Wildman–Crippen LogP) is -1.45. The Balaban J connectivity index is 1.58. The first-order valence-corrected chi connectivity index (χ1v) is 26.6. The lowest BCUT2D eigenvalue weighted by Gasteiger charge is -2.33. The van der Waals surface area contributed by atoms with Crippen LogP contribution in [0.5, 0.6) is 0 Å². The van der Waals surface area contributed by atoms with E-state index in [1.165, 1.54) is 9.80 Å². The molecular formula is C52H83N12O11+. The first-order valence-electron chi connectivity index (χ1n) is 26.6. The van der Waals surface area contributed by atoms with E-state index < -0.39 is 120 Å². The number of carbonyl (C=O) groups is 10. The molecule has 0 aliphatic carbocycles. The lowest BCUT2D eigenvalue weighted by molar-refractivity contribution is -0.368. The number of amides is 9. The maximum Gasteiger partial charge on any atom is 0.246 e. The van der Waals surface area contributed by atoms with Crippen LogP contribution in [0.1, 0.15) is 118 Å². The van der Waals surface area contributed by atoms with Gasteiger partial charge >= 0.3 is 0 Å². The molecule has 2 aromatic rings. The van der Waals surface area contributed by atoms with E-state index in [0.29, 0.717) is 68.7 Å². The van der Waals surface area contributed by atoms with Gasteiger partial charge in [0.1, 0.15) is 48.6 Å². The smallest absolute Gasteiger partial charge is 0.246 e. The minimum atomic E-state index is -1.63. The number of nitrogens with two attached hydrogens (primary N) is 2. The molecule has 1 aromatic heterocycles. The minimum Gasteiger partial charge on any atom is -0.394 e. The van der Waals surface area contributed by atoms with Crippen LogP contribution in [-0.4, -0.2) is 160 Å². The molecule has 0 saturated carbocycles. The zero-order valence-corrected chi connectivity index (χ0v) is 44.5. The highest BCUT2D eigenvalue weighted by atomic mass is 16.3. The van der Waals surface area contributed by atoms with Crippen LogP contribution in [0.4, 0.5) is 0 Å². The molecule has 0 radical (unpaired) electrons. The number of likely N-dealkylation sites (tertiary alicyclic amines) is 2. The van der Waals surface area contributed by atoms with Crippen LogP contribution < -0.4 is 49.1 Å². The third-order valence-corrected chi connectivity index (χ3v) is 14.6. The van der Waals surface area contributed by atoms with E-state index in [-0.39, 0.29) is 50.6 Å². The summed E-state index contributed by atoms with van der Waals surface area (Å²) < 4.78 is 0. The Morgan fingerprint density at radius 3 is 1.80 bits per heavy atom. The predicted molar refractivity (Wildman–Crippen MR) is 278 cm³/mol. The normalized spacial score (nSPS) is 19.1. The molecule has 9 amide bonds. The molecule has 2 aliphatic heterocycles. The van der Waals surface area contributed by atoms with Gasteiger partial charge in [-0.2, -0.15) is 0 Å². The Bertz CT molecular complexity index is 2310. The summed E-state index contributed by atoms with van der Waals surface area (Å²) in [6, 6.07) is -3.15. The lowest BCUT2D eigenvalue weighted by atomic mass is 9.96. The molecule has 4 rings (SSSR count). The number of para-hydroxylation sites is 1. The van der Waals surface area contributed by atoms with Crippen molar-refractivity contribution in [1.29, 1.82) is 0 Å². The molecule has 0 spiro atoms. The average Bonchev–Trinajstić information content (AvgIpc) is 4.19. The quantitative estimate of drug-likeness (QED) is 0.0316. The van der Waals surface area contributed by atoms with Gasteiger partial charge in [-0.05, 0) is 80.8 Å². The van der Waals surface area contributed by atoms with Gasteiger partial charge in [-0.15, -0.1) is 0 Å². The van der Waals surface area contributed by atoms with Crippen LogP contribution in [0.25, 0.3) is 10.9 Å². The fraction of sp³-hybridized carbons (Fsp3) is 0.654.